The molecule has 0 unspecified atom stereocenters. The zero-order valence-corrected chi connectivity index (χ0v) is 9.87. The van der Waals surface area contributed by atoms with Crippen molar-refractivity contribution in [1.29, 1.82) is 0 Å². The molecule has 1 rings (SSSR count). The highest BCUT2D eigenvalue weighted by molar-refractivity contribution is 9.10. The van der Waals surface area contributed by atoms with Crippen LogP contribution < -0.4 is 5.14 Å². The quantitative estimate of drug-likeness (QED) is 0.858. The van der Waals surface area contributed by atoms with Crippen molar-refractivity contribution in [3.8, 4) is 0 Å². The van der Waals surface area contributed by atoms with E-state index in [4.69, 9.17) is 16.7 Å². The van der Waals surface area contributed by atoms with E-state index in [1.54, 1.807) is 19.1 Å². The van der Waals surface area contributed by atoms with Crippen LogP contribution in [0.4, 0.5) is 0 Å². The van der Waals surface area contributed by atoms with E-state index >= 15 is 0 Å². The lowest BCUT2D eigenvalue weighted by atomic mass is 10.2. The third-order valence-electron chi connectivity index (χ3n) is 1.58. The van der Waals surface area contributed by atoms with Crippen molar-refractivity contribution in [2.75, 3.05) is 0 Å². The lowest BCUT2D eigenvalue weighted by Crippen LogP contribution is -2.14. The van der Waals surface area contributed by atoms with Crippen molar-refractivity contribution in [3.63, 3.8) is 0 Å². The summed E-state index contributed by atoms with van der Waals surface area (Å²) in [6.07, 6.45) is 0. The van der Waals surface area contributed by atoms with Gasteiger partial charge in [-0.1, -0.05) is 11.6 Å². The van der Waals surface area contributed by atoms with E-state index in [2.05, 4.69) is 15.9 Å². The van der Waals surface area contributed by atoms with Gasteiger partial charge in [0.25, 0.3) is 0 Å². The summed E-state index contributed by atoms with van der Waals surface area (Å²) < 4.78 is 22.7. The Labute approximate surface area is 90.1 Å². The smallest absolute Gasteiger partial charge is 0.225 e. The Morgan fingerprint density at radius 2 is 2.00 bits per heavy atom. The monoisotopic (exact) mass is 283 g/mol. The first kappa shape index (κ1) is 11.0. The van der Waals surface area contributed by atoms with Gasteiger partial charge in [-0.2, -0.15) is 0 Å². The molecule has 0 amide bonds. The second-order valence-corrected chi connectivity index (χ2v) is 5.29. The van der Waals surface area contributed by atoms with Crippen molar-refractivity contribution in [2.45, 2.75) is 11.8 Å². The number of primary sulfonamides is 1. The third-order valence-corrected chi connectivity index (χ3v) is 4.00. The van der Waals surface area contributed by atoms with E-state index in [1.165, 1.54) is 0 Å². The number of sulfonamides is 1. The molecule has 0 heterocycles. The number of nitrogens with two attached hydrogens (primary N) is 1. The molecular formula is C7H7BrClNO2S. The number of hydrogen-bond acceptors (Lipinski definition) is 2. The zero-order chi connectivity index (χ0) is 10.2. The van der Waals surface area contributed by atoms with E-state index in [9.17, 15) is 8.42 Å². The van der Waals surface area contributed by atoms with Crippen LogP contribution in [0.5, 0.6) is 0 Å². The van der Waals surface area contributed by atoms with E-state index in [0.717, 1.165) is 0 Å². The Morgan fingerprint density at radius 3 is 2.38 bits per heavy atom. The highest BCUT2D eigenvalue weighted by atomic mass is 79.9. The van der Waals surface area contributed by atoms with Crippen LogP contribution in [0, 0.1) is 6.92 Å². The predicted molar refractivity (Wildman–Crippen MR) is 55.3 cm³/mol. The first-order valence-corrected chi connectivity index (χ1v) is 6.03. The van der Waals surface area contributed by atoms with E-state index in [0.29, 0.717) is 15.1 Å². The van der Waals surface area contributed by atoms with Gasteiger partial charge in [0.2, 0.25) is 10.0 Å². The number of halogens is 2. The van der Waals surface area contributed by atoms with Crippen molar-refractivity contribution in [2.24, 2.45) is 5.14 Å². The number of hydrogen-bond donors (Lipinski definition) is 1. The van der Waals surface area contributed by atoms with E-state index in [1.807, 2.05) is 0 Å². The molecule has 0 spiro atoms. The fourth-order valence-corrected chi connectivity index (χ4v) is 3.18. The highest BCUT2D eigenvalue weighted by Gasteiger charge is 2.17. The molecule has 0 radical (unpaired) electrons. The van der Waals surface area contributed by atoms with Gasteiger partial charge in [-0.25, -0.2) is 13.6 Å². The normalized spacial score (nSPS) is 11.7. The maximum Gasteiger partial charge on any atom is 0.239 e. The van der Waals surface area contributed by atoms with Crippen LogP contribution in [0.1, 0.15) is 5.56 Å². The average molecular weight is 285 g/mol. The molecule has 0 fully saturated rings. The van der Waals surface area contributed by atoms with E-state index < -0.39 is 10.0 Å². The summed E-state index contributed by atoms with van der Waals surface area (Å²) in [7, 11) is -3.72. The Balaban J connectivity index is 3.62. The molecule has 0 saturated heterocycles. The maximum atomic E-state index is 11.1. The first-order valence-electron chi connectivity index (χ1n) is 3.31. The van der Waals surface area contributed by atoms with Crippen LogP contribution >= 0.6 is 27.5 Å². The van der Waals surface area contributed by atoms with Crippen LogP contribution in [0.25, 0.3) is 0 Å². The fourth-order valence-electron chi connectivity index (χ4n) is 0.984. The van der Waals surface area contributed by atoms with Crippen LogP contribution in [-0.2, 0) is 10.0 Å². The average Bonchev–Trinajstić information content (AvgIpc) is 1.95. The van der Waals surface area contributed by atoms with Gasteiger partial charge in [-0.05, 0) is 40.5 Å². The van der Waals surface area contributed by atoms with Gasteiger partial charge >= 0.3 is 0 Å². The summed E-state index contributed by atoms with van der Waals surface area (Å²) in [5, 5.41) is 5.39. The van der Waals surface area contributed by atoms with Crippen molar-refractivity contribution < 1.29 is 8.42 Å². The fraction of sp³-hybridized carbons (Fsp3) is 0.143. The van der Waals surface area contributed by atoms with Crippen molar-refractivity contribution in [1.82, 2.24) is 0 Å². The second-order valence-electron chi connectivity index (χ2n) is 2.53. The summed E-state index contributed by atoms with van der Waals surface area (Å²) in [5.41, 5.74) is 0.457. The van der Waals surface area contributed by atoms with Crippen molar-refractivity contribution in [3.05, 3.63) is 27.2 Å². The van der Waals surface area contributed by atoms with Gasteiger partial charge in [-0.3, -0.25) is 0 Å². The van der Waals surface area contributed by atoms with Gasteiger partial charge < -0.3 is 0 Å². The summed E-state index contributed by atoms with van der Waals surface area (Å²) >= 11 is 8.85. The summed E-state index contributed by atoms with van der Waals surface area (Å²) in [6, 6.07) is 3.16. The summed E-state index contributed by atoms with van der Waals surface area (Å²) in [6.45, 7) is 1.60. The van der Waals surface area contributed by atoms with Gasteiger partial charge in [0, 0.05) is 9.50 Å². The Morgan fingerprint density at radius 1 is 1.46 bits per heavy atom. The minimum Gasteiger partial charge on any atom is -0.225 e. The Kier molecular flexibility index (Phi) is 3.01. The molecule has 1 aromatic rings. The van der Waals surface area contributed by atoms with Crippen molar-refractivity contribution >= 4 is 37.6 Å². The number of rotatable bonds is 1. The molecule has 2 N–H and O–H groups in total. The SMILES string of the molecule is Cc1c(Cl)ccc(Br)c1S(N)(=O)=O. The maximum absolute atomic E-state index is 11.1. The third kappa shape index (κ3) is 2.22. The molecule has 6 heteroatoms. The molecule has 0 aliphatic heterocycles. The molecular weight excluding hydrogens is 278 g/mol. The zero-order valence-electron chi connectivity index (χ0n) is 6.71. The van der Waals surface area contributed by atoms with Crippen LogP contribution in [-0.4, -0.2) is 8.42 Å². The highest BCUT2D eigenvalue weighted by Crippen LogP contribution is 2.29. The lowest BCUT2D eigenvalue weighted by molar-refractivity contribution is 0.596. The molecule has 0 saturated carbocycles. The molecule has 13 heavy (non-hydrogen) atoms. The minimum atomic E-state index is -3.72. The van der Waals surface area contributed by atoms with Gasteiger partial charge in [0.15, 0.2) is 0 Å². The Hall–Kier alpha value is -0.100. The molecule has 0 aliphatic rings. The molecule has 0 bridgehead atoms. The minimum absolute atomic E-state index is 0.0417. The van der Waals surface area contributed by atoms with Crippen LogP contribution in [0.3, 0.4) is 0 Å². The van der Waals surface area contributed by atoms with Gasteiger partial charge in [0.05, 0.1) is 0 Å². The lowest BCUT2D eigenvalue weighted by Gasteiger charge is -2.06. The topological polar surface area (TPSA) is 60.2 Å². The van der Waals surface area contributed by atoms with E-state index in [-0.39, 0.29) is 4.90 Å². The molecule has 0 aliphatic carbocycles. The number of benzene rings is 1. The predicted octanol–water partition coefficient (Wildman–Crippen LogP) is 2.06. The molecule has 1 aromatic carbocycles. The standard InChI is InChI=1S/C7H7BrClNO2S/c1-4-6(9)3-2-5(8)7(4)13(10,11)12/h2-3H,1H3,(H2,10,11,12). The molecule has 0 aromatic heterocycles. The molecule has 3 nitrogen and oxygen atoms in total. The summed E-state index contributed by atoms with van der Waals surface area (Å²) in [4.78, 5) is 0.0417. The largest absolute Gasteiger partial charge is 0.239 e. The first-order chi connectivity index (χ1) is 5.84. The van der Waals surface area contributed by atoms with Gasteiger partial charge in [0.1, 0.15) is 4.90 Å². The van der Waals surface area contributed by atoms with Crippen LogP contribution in [0.2, 0.25) is 5.02 Å². The summed E-state index contributed by atoms with van der Waals surface area (Å²) in [5.74, 6) is 0. The Bertz CT molecular complexity index is 444. The van der Waals surface area contributed by atoms with Crippen LogP contribution in [0.15, 0.2) is 21.5 Å². The van der Waals surface area contributed by atoms with Gasteiger partial charge in [-0.15, -0.1) is 0 Å². The molecule has 0 atom stereocenters. The second kappa shape index (κ2) is 3.57. The molecule has 72 valence electrons.